The second-order valence-corrected chi connectivity index (χ2v) is 4.99. The molecule has 3 saturated heterocycles. The van der Waals surface area contributed by atoms with E-state index in [1.165, 1.54) is 6.54 Å². The van der Waals surface area contributed by atoms with Crippen LogP contribution in [0.5, 0.6) is 0 Å². The average Bonchev–Trinajstić information content (AvgIpc) is 2.83. The minimum absolute atomic E-state index is 0.0656. The molecule has 0 spiro atoms. The van der Waals surface area contributed by atoms with E-state index in [2.05, 4.69) is 14.0 Å². The molecule has 1 N–H and O–H groups in total. The lowest BCUT2D eigenvalue weighted by molar-refractivity contribution is -0.954. The van der Waals surface area contributed by atoms with Crippen molar-refractivity contribution in [3.05, 3.63) is 0 Å². The van der Waals surface area contributed by atoms with E-state index in [0.29, 0.717) is 24.3 Å². The molecule has 0 aliphatic carbocycles. The van der Waals surface area contributed by atoms with Gasteiger partial charge in [0.05, 0.1) is 19.7 Å². The van der Waals surface area contributed by atoms with Gasteiger partial charge in [0.2, 0.25) is 0 Å². The van der Waals surface area contributed by atoms with Gasteiger partial charge >= 0.3 is 0 Å². The lowest BCUT2D eigenvalue weighted by Crippen LogP contribution is -2.61. The molecular weight excluding hydrogens is 166 g/mol. The molecule has 0 saturated carbocycles. The first-order chi connectivity index (χ1) is 6.16. The number of nitrogens with zero attached hydrogens (tertiary/aromatic N) is 1. The fourth-order valence-corrected chi connectivity index (χ4v) is 3.55. The van der Waals surface area contributed by atoms with Crippen molar-refractivity contribution < 1.29 is 14.3 Å². The predicted octanol–water partition coefficient (Wildman–Crippen LogP) is 0.126. The first-order valence-electron chi connectivity index (χ1n) is 5.35. The van der Waals surface area contributed by atoms with Crippen molar-refractivity contribution in [2.45, 2.75) is 50.2 Å². The molecule has 2 unspecified atom stereocenters. The Bertz CT molecular complexity index is 225. The highest BCUT2D eigenvalue weighted by Gasteiger charge is 2.70. The molecule has 3 aliphatic heterocycles. The Morgan fingerprint density at radius 1 is 1.31 bits per heavy atom. The number of fused-ring (bicyclic) bond motifs is 5. The highest BCUT2D eigenvalue weighted by molar-refractivity contribution is 5.07. The monoisotopic (exact) mass is 184 g/mol. The lowest BCUT2D eigenvalue weighted by atomic mass is 9.96. The van der Waals surface area contributed by atoms with Gasteiger partial charge < -0.3 is 14.3 Å². The molecule has 0 radical (unpaired) electrons. The largest absolute Gasteiger partial charge is 0.393 e. The minimum atomic E-state index is -0.0656. The number of hydrogen-bond donors (Lipinski definition) is 1. The first-order valence-corrected chi connectivity index (χ1v) is 5.35. The van der Waals surface area contributed by atoms with Crippen LogP contribution in [-0.4, -0.2) is 53.6 Å². The van der Waals surface area contributed by atoms with Crippen molar-refractivity contribution in [2.24, 2.45) is 0 Å². The summed E-state index contributed by atoms with van der Waals surface area (Å²) in [6, 6.07) is 1.15. The molecule has 6 atom stereocenters. The number of morpholine rings is 1. The van der Waals surface area contributed by atoms with Gasteiger partial charge in [-0.15, -0.1) is 0 Å². The highest BCUT2D eigenvalue weighted by atomic mass is 16.6. The van der Waals surface area contributed by atoms with Gasteiger partial charge in [0.15, 0.2) is 0 Å². The summed E-state index contributed by atoms with van der Waals surface area (Å²) < 4.78 is 6.78. The zero-order valence-electron chi connectivity index (χ0n) is 8.31. The topological polar surface area (TPSA) is 32.8 Å². The van der Waals surface area contributed by atoms with E-state index in [9.17, 15) is 5.11 Å². The summed E-state index contributed by atoms with van der Waals surface area (Å²) in [4.78, 5) is 0. The average molecular weight is 184 g/mol. The lowest BCUT2D eigenvalue weighted by Gasteiger charge is -2.47. The van der Waals surface area contributed by atoms with Crippen molar-refractivity contribution >= 4 is 0 Å². The van der Waals surface area contributed by atoms with Crippen LogP contribution in [0, 0.1) is 0 Å². The number of piperidine rings is 1. The van der Waals surface area contributed by atoms with Gasteiger partial charge in [-0.05, 0) is 6.92 Å². The van der Waals surface area contributed by atoms with Gasteiger partial charge in [-0.25, -0.2) is 0 Å². The van der Waals surface area contributed by atoms with E-state index in [0.717, 1.165) is 17.3 Å². The standard InChI is InChI=1S/C10H18NO2/c1-3-11(2)7-4-6(12)5-8(11)10-9(7)13-10/h6-10,12H,3-5H2,1-2H3/q+1/t6?,7-,8+,9-,10+,11?. The third kappa shape index (κ3) is 0.853. The Hall–Kier alpha value is -0.120. The summed E-state index contributed by atoms with van der Waals surface area (Å²) in [6.45, 7) is 3.43. The summed E-state index contributed by atoms with van der Waals surface area (Å²) >= 11 is 0. The number of rotatable bonds is 1. The number of aliphatic hydroxyl groups excluding tert-OH is 1. The number of quaternary nitrogens is 1. The summed E-state index contributed by atoms with van der Waals surface area (Å²) in [5.74, 6) is 0. The maximum atomic E-state index is 9.69. The molecule has 0 aromatic rings. The molecule has 3 heterocycles. The van der Waals surface area contributed by atoms with Crippen LogP contribution in [0.25, 0.3) is 0 Å². The van der Waals surface area contributed by atoms with Crippen LogP contribution in [0.4, 0.5) is 0 Å². The Labute approximate surface area is 78.9 Å². The normalized spacial score (nSPS) is 63.5. The van der Waals surface area contributed by atoms with E-state index >= 15 is 0 Å². The third-order valence-corrected chi connectivity index (χ3v) is 4.54. The van der Waals surface area contributed by atoms with Gasteiger partial charge in [0, 0.05) is 12.8 Å². The number of ether oxygens (including phenoxy) is 1. The maximum Gasteiger partial charge on any atom is 0.142 e. The van der Waals surface area contributed by atoms with Gasteiger partial charge in [0.25, 0.3) is 0 Å². The second-order valence-electron chi connectivity index (χ2n) is 4.99. The number of hydrogen-bond acceptors (Lipinski definition) is 2. The Kier molecular flexibility index (Phi) is 1.43. The summed E-state index contributed by atoms with van der Waals surface area (Å²) in [5, 5.41) is 9.69. The summed E-state index contributed by atoms with van der Waals surface area (Å²) in [6.07, 6.45) is 2.78. The van der Waals surface area contributed by atoms with Crippen LogP contribution in [0.15, 0.2) is 0 Å². The Balaban J connectivity index is 1.94. The van der Waals surface area contributed by atoms with E-state index in [-0.39, 0.29) is 6.10 Å². The van der Waals surface area contributed by atoms with E-state index in [1.807, 2.05) is 0 Å². The molecular formula is C10H18NO2+. The smallest absolute Gasteiger partial charge is 0.142 e. The highest BCUT2D eigenvalue weighted by Crippen LogP contribution is 2.51. The molecule has 13 heavy (non-hydrogen) atoms. The third-order valence-electron chi connectivity index (χ3n) is 4.54. The van der Waals surface area contributed by atoms with Gasteiger partial charge in [-0.2, -0.15) is 0 Å². The van der Waals surface area contributed by atoms with Crippen molar-refractivity contribution in [1.82, 2.24) is 0 Å². The van der Waals surface area contributed by atoms with Gasteiger partial charge in [0.1, 0.15) is 24.3 Å². The fourth-order valence-electron chi connectivity index (χ4n) is 3.55. The molecule has 3 fully saturated rings. The predicted molar refractivity (Wildman–Crippen MR) is 48.2 cm³/mol. The molecule has 74 valence electrons. The minimum Gasteiger partial charge on any atom is -0.393 e. The summed E-state index contributed by atoms with van der Waals surface area (Å²) in [5.41, 5.74) is 0. The second kappa shape index (κ2) is 2.27. The van der Waals surface area contributed by atoms with Crippen LogP contribution in [0.1, 0.15) is 19.8 Å². The van der Waals surface area contributed by atoms with Crippen LogP contribution < -0.4 is 0 Å². The molecule has 0 amide bonds. The zero-order chi connectivity index (χ0) is 9.22. The molecule has 3 nitrogen and oxygen atoms in total. The zero-order valence-corrected chi connectivity index (χ0v) is 8.31. The number of epoxide rings is 1. The van der Waals surface area contributed by atoms with Gasteiger partial charge in [-0.3, -0.25) is 0 Å². The molecule has 0 aromatic heterocycles. The van der Waals surface area contributed by atoms with E-state index in [4.69, 9.17) is 4.74 Å². The van der Waals surface area contributed by atoms with Crippen LogP contribution >= 0.6 is 0 Å². The number of aliphatic hydroxyl groups is 1. The van der Waals surface area contributed by atoms with Crippen LogP contribution in [0.3, 0.4) is 0 Å². The van der Waals surface area contributed by atoms with E-state index in [1.54, 1.807) is 0 Å². The molecule has 3 aliphatic rings. The maximum absolute atomic E-state index is 9.69. The number of likely N-dealkylation sites (N-methyl/N-ethyl adjacent to an activating group) is 1. The molecule has 3 heteroatoms. The van der Waals surface area contributed by atoms with Gasteiger partial charge in [-0.1, -0.05) is 0 Å². The van der Waals surface area contributed by atoms with Crippen molar-refractivity contribution in [3.8, 4) is 0 Å². The fraction of sp³-hybridized carbons (Fsp3) is 1.00. The van der Waals surface area contributed by atoms with Crippen LogP contribution in [-0.2, 0) is 4.74 Å². The molecule has 2 bridgehead atoms. The molecule has 0 aromatic carbocycles. The quantitative estimate of drug-likeness (QED) is 0.464. The first kappa shape index (κ1) is 8.21. The van der Waals surface area contributed by atoms with E-state index < -0.39 is 0 Å². The SMILES string of the molecule is CC[N+]1(C)[C@@H]2CC(O)C[C@H]1[C@@H]1O[C@@H]12. The Morgan fingerprint density at radius 3 is 2.31 bits per heavy atom. The van der Waals surface area contributed by atoms with Crippen molar-refractivity contribution in [1.29, 1.82) is 0 Å². The van der Waals surface area contributed by atoms with Crippen molar-refractivity contribution in [2.75, 3.05) is 13.6 Å². The molecule has 3 rings (SSSR count). The Morgan fingerprint density at radius 2 is 1.85 bits per heavy atom. The summed E-state index contributed by atoms with van der Waals surface area (Å²) in [7, 11) is 2.33. The van der Waals surface area contributed by atoms with Crippen molar-refractivity contribution in [3.63, 3.8) is 0 Å². The van der Waals surface area contributed by atoms with Crippen LogP contribution in [0.2, 0.25) is 0 Å².